The summed E-state index contributed by atoms with van der Waals surface area (Å²) >= 11 is 0. The maximum absolute atomic E-state index is 12.8. The fraction of sp³-hybridized carbons (Fsp3) is 0.462. The number of carbonyl (C=O) groups is 1. The van der Waals surface area contributed by atoms with E-state index < -0.39 is 11.9 Å². The molecule has 1 amide bonds. The number of hydrogen-bond donors (Lipinski definition) is 2. The van der Waals surface area contributed by atoms with E-state index in [2.05, 4.69) is 5.32 Å². The molecule has 3 N–H and O–H groups in total. The number of nitrogens with two attached hydrogens (primary N) is 1. The number of halogens is 1. The van der Waals surface area contributed by atoms with Crippen LogP contribution in [0.15, 0.2) is 18.2 Å². The summed E-state index contributed by atoms with van der Waals surface area (Å²) in [4.78, 5) is 11.8. The van der Waals surface area contributed by atoms with Crippen LogP contribution in [0.3, 0.4) is 0 Å². The van der Waals surface area contributed by atoms with Crippen LogP contribution in [-0.2, 0) is 9.53 Å². The first-order valence-corrected chi connectivity index (χ1v) is 6.02. The highest BCUT2D eigenvalue weighted by molar-refractivity contribution is 5.96. The van der Waals surface area contributed by atoms with Gasteiger partial charge in [-0.15, -0.1) is 0 Å². The zero-order chi connectivity index (χ0) is 13.5. The van der Waals surface area contributed by atoms with Crippen molar-refractivity contribution < 1.29 is 13.9 Å². The number of amides is 1. The van der Waals surface area contributed by atoms with Gasteiger partial charge in [-0.3, -0.25) is 4.79 Å². The number of benzene rings is 1. The van der Waals surface area contributed by atoms with Gasteiger partial charge >= 0.3 is 0 Å². The molecule has 0 saturated carbocycles. The molecule has 0 radical (unpaired) electrons. The average molecular weight is 254 g/mol. The summed E-state index contributed by atoms with van der Waals surface area (Å²) in [5, 5.41) is 2.61. The number of anilines is 2. The molecule has 1 rings (SSSR count). The Kier molecular flexibility index (Phi) is 5.58. The molecule has 100 valence electrons. The van der Waals surface area contributed by atoms with Crippen molar-refractivity contribution in [2.75, 3.05) is 17.7 Å². The largest absolute Gasteiger partial charge is 0.397 e. The van der Waals surface area contributed by atoms with Crippen LogP contribution in [0, 0.1) is 5.82 Å². The van der Waals surface area contributed by atoms with Crippen molar-refractivity contribution in [1.29, 1.82) is 0 Å². The summed E-state index contributed by atoms with van der Waals surface area (Å²) in [5.41, 5.74) is 6.19. The Balaban J connectivity index is 2.53. The number of rotatable bonds is 6. The van der Waals surface area contributed by atoms with Crippen molar-refractivity contribution in [1.82, 2.24) is 0 Å². The Hall–Kier alpha value is -1.62. The zero-order valence-corrected chi connectivity index (χ0v) is 10.7. The van der Waals surface area contributed by atoms with E-state index in [9.17, 15) is 9.18 Å². The number of unbranched alkanes of at least 4 members (excludes halogenated alkanes) is 1. The Labute approximate surface area is 106 Å². The van der Waals surface area contributed by atoms with E-state index in [1.807, 2.05) is 6.92 Å². The van der Waals surface area contributed by atoms with Gasteiger partial charge in [0.25, 0.3) is 5.91 Å². The van der Waals surface area contributed by atoms with E-state index in [0.29, 0.717) is 12.3 Å². The first kappa shape index (κ1) is 14.4. The summed E-state index contributed by atoms with van der Waals surface area (Å²) < 4.78 is 18.2. The van der Waals surface area contributed by atoms with E-state index in [1.165, 1.54) is 12.1 Å². The molecular formula is C13H19FN2O2. The molecule has 0 heterocycles. The molecule has 0 aliphatic carbocycles. The summed E-state index contributed by atoms with van der Waals surface area (Å²) in [5.74, 6) is -0.720. The van der Waals surface area contributed by atoms with Crippen LogP contribution in [0.25, 0.3) is 0 Å². The molecule has 5 heteroatoms. The van der Waals surface area contributed by atoms with Crippen LogP contribution in [0.2, 0.25) is 0 Å². The minimum atomic E-state index is -0.555. The molecule has 18 heavy (non-hydrogen) atoms. The maximum atomic E-state index is 12.8. The molecule has 1 aromatic rings. The quantitative estimate of drug-likeness (QED) is 0.605. The lowest BCUT2D eigenvalue weighted by atomic mass is 10.2. The Morgan fingerprint density at radius 3 is 2.89 bits per heavy atom. The van der Waals surface area contributed by atoms with Gasteiger partial charge in [0.1, 0.15) is 11.9 Å². The van der Waals surface area contributed by atoms with E-state index >= 15 is 0 Å². The highest BCUT2D eigenvalue weighted by atomic mass is 19.1. The first-order chi connectivity index (χ1) is 8.54. The lowest BCUT2D eigenvalue weighted by Gasteiger charge is -2.14. The Bertz CT molecular complexity index is 410. The zero-order valence-electron chi connectivity index (χ0n) is 10.7. The fourth-order valence-corrected chi connectivity index (χ4v) is 1.36. The topological polar surface area (TPSA) is 64.3 Å². The Morgan fingerprint density at radius 2 is 2.28 bits per heavy atom. The second-order valence-electron chi connectivity index (χ2n) is 4.09. The van der Waals surface area contributed by atoms with Gasteiger partial charge in [0, 0.05) is 6.61 Å². The van der Waals surface area contributed by atoms with Gasteiger partial charge < -0.3 is 15.8 Å². The van der Waals surface area contributed by atoms with Crippen molar-refractivity contribution in [2.24, 2.45) is 0 Å². The van der Waals surface area contributed by atoms with Gasteiger partial charge in [-0.25, -0.2) is 4.39 Å². The predicted octanol–water partition coefficient (Wildman–Crippen LogP) is 2.55. The highest BCUT2D eigenvalue weighted by Gasteiger charge is 2.14. The summed E-state index contributed by atoms with van der Waals surface area (Å²) in [6.45, 7) is 4.27. The minimum Gasteiger partial charge on any atom is -0.397 e. The number of nitrogen functional groups attached to an aromatic ring is 1. The van der Waals surface area contributed by atoms with Crippen molar-refractivity contribution in [3.8, 4) is 0 Å². The number of nitrogens with one attached hydrogen (secondary N) is 1. The van der Waals surface area contributed by atoms with Crippen molar-refractivity contribution in [3.05, 3.63) is 24.0 Å². The van der Waals surface area contributed by atoms with Crippen LogP contribution >= 0.6 is 0 Å². The molecule has 4 nitrogen and oxygen atoms in total. The molecule has 1 atom stereocenters. The third kappa shape index (κ3) is 4.33. The highest BCUT2D eigenvalue weighted by Crippen LogP contribution is 2.19. The third-order valence-electron chi connectivity index (χ3n) is 2.51. The van der Waals surface area contributed by atoms with Gasteiger partial charge in [0.2, 0.25) is 0 Å². The van der Waals surface area contributed by atoms with E-state index in [-0.39, 0.29) is 11.6 Å². The second kappa shape index (κ2) is 6.96. The number of hydrogen-bond acceptors (Lipinski definition) is 3. The molecule has 0 bridgehead atoms. The van der Waals surface area contributed by atoms with Crippen LogP contribution in [0.1, 0.15) is 26.7 Å². The standard InChI is InChI=1S/C13H19FN2O2/c1-3-4-7-18-9(2)13(17)16-12-6-5-10(14)8-11(12)15/h5-6,8-9H,3-4,7,15H2,1-2H3,(H,16,17). The maximum Gasteiger partial charge on any atom is 0.253 e. The van der Waals surface area contributed by atoms with Gasteiger partial charge in [0.05, 0.1) is 11.4 Å². The molecule has 0 aliphatic rings. The normalized spacial score (nSPS) is 12.2. The van der Waals surface area contributed by atoms with Crippen LogP contribution in [0.5, 0.6) is 0 Å². The number of ether oxygens (including phenoxy) is 1. The van der Waals surface area contributed by atoms with E-state index in [0.717, 1.165) is 18.9 Å². The third-order valence-corrected chi connectivity index (χ3v) is 2.51. The fourth-order valence-electron chi connectivity index (χ4n) is 1.36. The van der Waals surface area contributed by atoms with Gasteiger partial charge in [-0.1, -0.05) is 13.3 Å². The molecule has 0 spiro atoms. The van der Waals surface area contributed by atoms with E-state index in [1.54, 1.807) is 6.92 Å². The summed E-state index contributed by atoms with van der Waals surface area (Å²) in [6, 6.07) is 3.84. The van der Waals surface area contributed by atoms with Crippen LogP contribution in [-0.4, -0.2) is 18.6 Å². The lowest BCUT2D eigenvalue weighted by Crippen LogP contribution is -2.28. The van der Waals surface area contributed by atoms with Gasteiger partial charge in [-0.2, -0.15) is 0 Å². The van der Waals surface area contributed by atoms with Crippen molar-refractivity contribution >= 4 is 17.3 Å². The van der Waals surface area contributed by atoms with Crippen molar-refractivity contribution in [3.63, 3.8) is 0 Å². The van der Waals surface area contributed by atoms with Crippen LogP contribution in [0.4, 0.5) is 15.8 Å². The molecule has 0 aliphatic heterocycles. The average Bonchev–Trinajstić information content (AvgIpc) is 2.32. The molecule has 1 aromatic carbocycles. The Morgan fingerprint density at radius 1 is 1.56 bits per heavy atom. The SMILES string of the molecule is CCCCOC(C)C(=O)Nc1ccc(F)cc1N. The summed E-state index contributed by atoms with van der Waals surface area (Å²) in [6.07, 6.45) is 1.37. The smallest absolute Gasteiger partial charge is 0.253 e. The van der Waals surface area contributed by atoms with Gasteiger partial charge in [0.15, 0.2) is 0 Å². The molecule has 0 aromatic heterocycles. The lowest BCUT2D eigenvalue weighted by molar-refractivity contribution is -0.126. The van der Waals surface area contributed by atoms with Gasteiger partial charge in [-0.05, 0) is 31.5 Å². The molecule has 0 fully saturated rings. The van der Waals surface area contributed by atoms with Crippen LogP contribution < -0.4 is 11.1 Å². The second-order valence-corrected chi connectivity index (χ2v) is 4.09. The molecular weight excluding hydrogens is 235 g/mol. The summed E-state index contributed by atoms with van der Waals surface area (Å²) in [7, 11) is 0. The van der Waals surface area contributed by atoms with E-state index in [4.69, 9.17) is 10.5 Å². The number of carbonyl (C=O) groups excluding carboxylic acids is 1. The minimum absolute atomic E-state index is 0.198. The van der Waals surface area contributed by atoms with Crippen molar-refractivity contribution in [2.45, 2.75) is 32.8 Å². The predicted molar refractivity (Wildman–Crippen MR) is 69.8 cm³/mol. The molecule has 1 unspecified atom stereocenters. The monoisotopic (exact) mass is 254 g/mol. The first-order valence-electron chi connectivity index (χ1n) is 6.02. The molecule has 0 saturated heterocycles.